The summed E-state index contributed by atoms with van der Waals surface area (Å²) in [5.41, 5.74) is -2.24. The number of hydrogen-bond donors (Lipinski definition) is 1. The van der Waals surface area contributed by atoms with E-state index < -0.39 is 35.1 Å². The van der Waals surface area contributed by atoms with E-state index >= 15 is 0 Å². The predicted octanol–water partition coefficient (Wildman–Crippen LogP) is 2.58. The molecule has 0 saturated heterocycles. The molecule has 1 heterocycles. The van der Waals surface area contributed by atoms with E-state index in [-0.39, 0.29) is 26.2 Å². The Morgan fingerprint density at radius 3 is 2.50 bits per heavy atom. The molecule has 0 aliphatic rings. The van der Waals surface area contributed by atoms with Gasteiger partial charge in [0.15, 0.2) is 11.3 Å². The summed E-state index contributed by atoms with van der Waals surface area (Å²) in [6.45, 7) is 1.00. The minimum absolute atomic E-state index is 0.114. The molecule has 164 valence electrons. The zero-order chi connectivity index (χ0) is 22.3. The van der Waals surface area contributed by atoms with Crippen LogP contribution in [0, 0.1) is 0 Å². The third-order valence-electron chi connectivity index (χ3n) is 3.92. The number of methoxy groups -OCH3 is 1. The molecule has 1 aromatic heterocycles. The zero-order valence-electron chi connectivity index (χ0n) is 16.3. The van der Waals surface area contributed by atoms with Gasteiger partial charge in [0.05, 0.1) is 39.5 Å². The fraction of sp³-hybridized carbons (Fsp3) is 0.421. The van der Waals surface area contributed by atoms with Crippen LogP contribution in [0.5, 0.6) is 11.5 Å². The molecule has 1 N–H and O–H groups in total. The number of aliphatic carboxylic acids is 1. The van der Waals surface area contributed by atoms with E-state index in [0.29, 0.717) is 16.0 Å². The molecule has 0 aliphatic carbocycles. The molecule has 0 amide bonds. The van der Waals surface area contributed by atoms with Gasteiger partial charge in [-0.15, -0.1) is 0 Å². The minimum Gasteiger partial charge on any atom is -0.497 e. The second-order valence-electron chi connectivity index (χ2n) is 6.34. The van der Waals surface area contributed by atoms with Crippen molar-refractivity contribution in [1.82, 2.24) is 9.78 Å². The molecule has 0 bridgehead atoms. The summed E-state index contributed by atoms with van der Waals surface area (Å²) in [5.74, 6) is -1.21. The van der Waals surface area contributed by atoms with Crippen LogP contribution in [0.4, 0.5) is 13.2 Å². The predicted molar refractivity (Wildman–Crippen MR) is 98.8 cm³/mol. The molecule has 2 aromatic rings. The number of carboxylic acids is 1. The highest BCUT2D eigenvalue weighted by Gasteiger charge is 2.39. The summed E-state index contributed by atoms with van der Waals surface area (Å²) in [7, 11) is 1.48. The largest absolute Gasteiger partial charge is 0.497 e. The van der Waals surface area contributed by atoms with E-state index in [1.54, 1.807) is 24.3 Å². The van der Waals surface area contributed by atoms with E-state index in [2.05, 4.69) is 5.10 Å². The summed E-state index contributed by atoms with van der Waals surface area (Å²) in [6.07, 6.45) is -5.23. The lowest BCUT2D eigenvalue weighted by Crippen LogP contribution is -2.33. The Morgan fingerprint density at radius 2 is 1.93 bits per heavy atom. The number of hydrogen-bond acceptors (Lipinski definition) is 6. The second-order valence-corrected chi connectivity index (χ2v) is 6.34. The van der Waals surface area contributed by atoms with E-state index in [1.165, 1.54) is 14.0 Å². The van der Waals surface area contributed by atoms with Crippen LogP contribution >= 0.6 is 0 Å². The summed E-state index contributed by atoms with van der Waals surface area (Å²) < 4.78 is 56.6. The van der Waals surface area contributed by atoms with Crippen molar-refractivity contribution >= 4 is 5.97 Å². The molecule has 30 heavy (non-hydrogen) atoms. The van der Waals surface area contributed by atoms with Crippen molar-refractivity contribution in [2.24, 2.45) is 0 Å². The van der Waals surface area contributed by atoms with Gasteiger partial charge in [-0.2, -0.15) is 18.3 Å². The SMILES string of the molecule is COc1ccc(Cn2ncc(OC(C)COCCC(=O)O)c(C(F)(F)F)c2=O)cc1. The van der Waals surface area contributed by atoms with Crippen molar-refractivity contribution in [2.45, 2.75) is 32.2 Å². The van der Waals surface area contributed by atoms with Gasteiger partial charge < -0.3 is 19.3 Å². The van der Waals surface area contributed by atoms with E-state index in [1.807, 2.05) is 0 Å². The molecular formula is C19H21F3N2O6. The number of carboxylic acid groups (broad SMARTS) is 1. The highest BCUT2D eigenvalue weighted by molar-refractivity contribution is 5.66. The maximum Gasteiger partial charge on any atom is 0.425 e. The third-order valence-corrected chi connectivity index (χ3v) is 3.92. The number of benzene rings is 1. The van der Waals surface area contributed by atoms with Gasteiger partial charge in [-0.25, -0.2) is 4.68 Å². The first-order chi connectivity index (χ1) is 14.1. The number of nitrogens with zero attached hydrogens (tertiary/aromatic N) is 2. The number of rotatable bonds is 10. The van der Waals surface area contributed by atoms with Crippen LogP contribution in [0.2, 0.25) is 0 Å². The monoisotopic (exact) mass is 430 g/mol. The lowest BCUT2D eigenvalue weighted by molar-refractivity contribution is -0.141. The number of ether oxygens (including phenoxy) is 3. The lowest BCUT2D eigenvalue weighted by Gasteiger charge is -2.19. The fourth-order valence-corrected chi connectivity index (χ4v) is 2.50. The van der Waals surface area contributed by atoms with Gasteiger partial charge >= 0.3 is 12.1 Å². The summed E-state index contributed by atoms with van der Waals surface area (Å²) in [5, 5.41) is 12.3. The van der Waals surface area contributed by atoms with E-state index in [9.17, 15) is 22.8 Å². The van der Waals surface area contributed by atoms with Crippen LogP contribution in [-0.4, -0.2) is 47.3 Å². The fourth-order valence-electron chi connectivity index (χ4n) is 2.50. The Bertz CT molecular complexity index is 912. The minimum atomic E-state index is -4.96. The van der Waals surface area contributed by atoms with Crippen molar-refractivity contribution in [3.05, 3.63) is 51.9 Å². The molecule has 8 nitrogen and oxygen atoms in total. The molecular weight excluding hydrogens is 409 g/mol. The van der Waals surface area contributed by atoms with Crippen molar-refractivity contribution < 1.29 is 37.3 Å². The first-order valence-electron chi connectivity index (χ1n) is 8.88. The van der Waals surface area contributed by atoms with Crippen molar-refractivity contribution in [3.63, 3.8) is 0 Å². The van der Waals surface area contributed by atoms with Gasteiger partial charge in [0.1, 0.15) is 11.9 Å². The molecule has 1 aromatic carbocycles. The smallest absolute Gasteiger partial charge is 0.425 e. The molecule has 0 fully saturated rings. The molecule has 0 spiro atoms. The topological polar surface area (TPSA) is 99.9 Å². The maximum absolute atomic E-state index is 13.5. The lowest BCUT2D eigenvalue weighted by atomic mass is 10.2. The highest BCUT2D eigenvalue weighted by atomic mass is 19.4. The Hall–Kier alpha value is -3.08. The van der Waals surface area contributed by atoms with Gasteiger partial charge in [0.25, 0.3) is 5.56 Å². The molecule has 0 aliphatic heterocycles. The normalized spacial score (nSPS) is 12.4. The number of alkyl halides is 3. The standard InChI is InChI=1S/C19H21F3N2O6/c1-12(11-29-8-7-16(25)26)30-15-9-23-24(18(27)17(15)19(20,21)22)10-13-3-5-14(28-2)6-4-13/h3-6,9,12H,7-8,10-11H2,1-2H3,(H,25,26). The molecule has 11 heteroatoms. The van der Waals surface area contributed by atoms with Crippen LogP contribution < -0.4 is 15.0 Å². The van der Waals surface area contributed by atoms with Crippen molar-refractivity contribution in [1.29, 1.82) is 0 Å². The van der Waals surface area contributed by atoms with E-state index in [0.717, 1.165) is 6.20 Å². The van der Waals surface area contributed by atoms with Crippen LogP contribution in [-0.2, 0) is 22.3 Å². The van der Waals surface area contributed by atoms with Gasteiger partial charge in [0, 0.05) is 0 Å². The molecule has 0 saturated carbocycles. The van der Waals surface area contributed by atoms with Gasteiger partial charge in [0.2, 0.25) is 0 Å². The first-order valence-corrected chi connectivity index (χ1v) is 8.88. The molecule has 0 radical (unpaired) electrons. The van der Waals surface area contributed by atoms with Crippen LogP contribution in [0.25, 0.3) is 0 Å². The highest BCUT2D eigenvalue weighted by Crippen LogP contribution is 2.33. The van der Waals surface area contributed by atoms with E-state index in [4.69, 9.17) is 19.3 Å². The number of aromatic nitrogens is 2. The van der Waals surface area contributed by atoms with Gasteiger partial charge in [-0.3, -0.25) is 9.59 Å². The number of halogens is 3. The Balaban J connectivity index is 2.20. The second kappa shape index (κ2) is 10.1. The van der Waals surface area contributed by atoms with Gasteiger partial charge in [-0.1, -0.05) is 12.1 Å². The van der Waals surface area contributed by atoms with Crippen LogP contribution in [0.3, 0.4) is 0 Å². The Morgan fingerprint density at radius 1 is 1.27 bits per heavy atom. The first kappa shape index (κ1) is 23.2. The Labute approximate surface area is 169 Å². The zero-order valence-corrected chi connectivity index (χ0v) is 16.3. The summed E-state index contributed by atoms with van der Waals surface area (Å²) >= 11 is 0. The molecule has 1 atom stereocenters. The van der Waals surface area contributed by atoms with Gasteiger partial charge in [-0.05, 0) is 24.6 Å². The third kappa shape index (κ3) is 6.48. The maximum atomic E-state index is 13.5. The van der Waals surface area contributed by atoms with Crippen molar-refractivity contribution in [2.75, 3.05) is 20.3 Å². The van der Waals surface area contributed by atoms with Crippen LogP contribution in [0.1, 0.15) is 24.5 Å². The molecule has 1 unspecified atom stereocenters. The molecule has 2 rings (SSSR count). The summed E-state index contributed by atoms with van der Waals surface area (Å²) in [4.78, 5) is 22.9. The quantitative estimate of drug-likeness (QED) is 0.579. The Kier molecular flexibility index (Phi) is 7.81. The average molecular weight is 430 g/mol. The van der Waals surface area contributed by atoms with Crippen molar-refractivity contribution in [3.8, 4) is 11.5 Å². The number of carbonyl (C=O) groups is 1. The van der Waals surface area contributed by atoms with Crippen LogP contribution in [0.15, 0.2) is 35.3 Å². The average Bonchev–Trinajstić information content (AvgIpc) is 2.67. The summed E-state index contributed by atoms with van der Waals surface area (Å²) in [6, 6.07) is 6.46.